The lowest BCUT2D eigenvalue weighted by Gasteiger charge is -2.08. The largest absolute Gasteiger partial charge is 0.281 e. The Kier molecular flexibility index (Phi) is 2.97. The van der Waals surface area contributed by atoms with Crippen molar-refractivity contribution in [3.63, 3.8) is 0 Å². The Balaban J connectivity index is 1.91. The van der Waals surface area contributed by atoms with Crippen molar-refractivity contribution >= 4 is 5.71 Å². The van der Waals surface area contributed by atoms with E-state index < -0.39 is 0 Å². The highest BCUT2D eigenvalue weighted by atomic mass is 14.8. The Morgan fingerprint density at radius 3 is 2.44 bits per heavy atom. The van der Waals surface area contributed by atoms with Crippen molar-refractivity contribution < 1.29 is 0 Å². The number of nitrogens with zero attached hydrogens (tertiary/aromatic N) is 1. The van der Waals surface area contributed by atoms with Crippen LogP contribution >= 0.6 is 0 Å². The number of aliphatic imine (C=N–C) groups is 1. The molecule has 18 heavy (non-hydrogen) atoms. The van der Waals surface area contributed by atoms with Gasteiger partial charge >= 0.3 is 0 Å². The van der Waals surface area contributed by atoms with Gasteiger partial charge in [-0.3, -0.25) is 4.99 Å². The summed E-state index contributed by atoms with van der Waals surface area (Å²) >= 11 is 0. The van der Waals surface area contributed by atoms with Gasteiger partial charge in [-0.15, -0.1) is 0 Å². The Morgan fingerprint density at radius 2 is 1.61 bits per heavy atom. The molecule has 0 bridgehead atoms. The highest BCUT2D eigenvalue weighted by Gasteiger charge is 2.17. The first-order valence-corrected chi connectivity index (χ1v) is 6.54. The number of hydrogen-bond acceptors (Lipinski definition) is 1. The Bertz CT molecular complexity index is 569. The molecule has 0 aliphatic heterocycles. The molecule has 0 N–H and O–H groups in total. The monoisotopic (exact) mass is 235 g/mol. The van der Waals surface area contributed by atoms with Crippen molar-refractivity contribution in [1.82, 2.24) is 0 Å². The predicted octanol–water partition coefficient (Wildman–Crippen LogP) is 4.18. The van der Waals surface area contributed by atoms with E-state index in [1.807, 2.05) is 6.07 Å². The molecule has 1 heteroatoms. The lowest BCUT2D eigenvalue weighted by Crippen LogP contribution is -1.99. The second-order valence-corrected chi connectivity index (χ2v) is 4.82. The maximum atomic E-state index is 4.90. The van der Waals surface area contributed by atoms with Gasteiger partial charge in [0, 0.05) is 5.71 Å². The topological polar surface area (TPSA) is 12.4 Å². The zero-order valence-corrected chi connectivity index (χ0v) is 10.6. The van der Waals surface area contributed by atoms with E-state index in [0.717, 1.165) is 12.8 Å². The second kappa shape index (κ2) is 4.77. The molecule has 1 aliphatic carbocycles. The van der Waals surface area contributed by atoms with E-state index in [4.69, 9.17) is 4.99 Å². The molecule has 0 saturated carbocycles. The van der Waals surface area contributed by atoms with Crippen molar-refractivity contribution in [2.45, 2.75) is 25.8 Å². The van der Waals surface area contributed by atoms with E-state index in [0.29, 0.717) is 0 Å². The minimum absolute atomic E-state index is 0.243. The molecule has 1 aliphatic rings. The molecule has 1 nitrogen and oxygen atoms in total. The van der Waals surface area contributed by atoms with Gasteiger partial charge in [0.25, 0.3) is 0 Å². The normalized spacial score (nSPS) is 17.7. The van der Waals surface area contributed by atoms with Crippen LogP contribution in [0.25, 0.3) is 0 Å². The first-order chi connectivity index (χ1) is 8.84. The summed E-state index contributed by atoms with van der Waals surface area (Å²) in [5.41, 5.74) is 5.34. The first-order valence-electron chi connectivity index (χ1n) is 6.54. The molecule has 3 rings (SSSR count). The summed E-state index contributed by atoms with van der Waals surface area (Å²) in [5, 5.41) is 0. The molecular formula is C17H17N. The zero-order chi connectivity index (χ0) is 12.4. The third-order valence-electron chi connectivity index (χ3n) is 3.59. The number of benzene rings is 2. The van der Waals surface area contributed by atoms with Gasteiger partial charge in [0.1, 0.15) is 0 Å². The van der Waals surface area contributed by atoms with Gasteiger partial charge in [-0.2, -0.15) is 0 Å². The Labute approximate surface area is 108 Å². The second-order valence-electron chi connectivity index (χ2n) is 4.82. The first kappa shape index (κ1) is 11.2. The minimum Gasteiger partial charge on any atom is -0.281 e. The quantitative estimate of drug-likeness (QED) is 0.740. The smallest absolute Gasteiger partial charge is 0.0724 e. The molecule has 0 amide bonds. The van der Waals surface area contributed by atoms with Gasteiger partial charge in [-0.1, -0.05) is 54.6 Å². The molecule has 2 aromatic rings. The molecule has 2 aromatic carbocycles. The van der Waals surface area contributed by atoms with Gasteiger partial charge < -0.3 is 0 Å². The molecule has 0 saturated heterocycles. The molecule has 0 unspecified atom stereocenters. The van der Waals surface area contributed by atoms with E-state index in [9.17, 15) is 0 Å². The molecule has 0 spiro atoms. The van der Waals surface area contributed by atoms with Crippen LogP contribution in [0, 0.1) is 0 Å². The standard InChI is InChI=1S/C17H17N/c1-13(14-7-3-2-4-8-14)18-17-12-11-15-9-5-6-10-16(15)17/h2-10,13H,11-12H2,1H3/t13-/m1/s1. The lowest BCUT2D eigenvalue weighted by atomic mass is 10.1. The fraction of sp³-hybridized carbons (Fsp3) is 0.235. The maximum Gasteiger partial charge on any atom is 0.0724 e. The zero-order valence-electron chi connectivity index (χ0n) is 10.6. The lowest BCUT2D eigenvalue weighted by molar-refractivity contribution is 0.816. The maximum absolute atomic E-state index is 4.90. The van der Waals surface area contributed by atoms with E-state index in [2.05, 4.69) is 55.5 Å². The van der Waals surface area contributed by atoms with Crippen LogP contribution in [0.15, 0.2) is 59.6 Å². The highest BCUT2D eigenvalue weighted by Crippen LogP contribution is 2.25. The van der Waals surface area contributed by atoms with Gasteiger partial charge in [0.05, 0.1) is 6.04 Å². The van der Waals surface area contributed by atoms with Gasteiger partial charge in [-0.05, 0) is 36.5 Å². The Hall–Kier alpha value is -1.89. The number of fused-ring (bicyclic) bond motifs is 1. The van der Waals surface area contributed by atoms with E-state index in [1.165, 1.54) is 22.4 Å². The van der Waals surface area contributed by atoms with Gasteiger partial charge in [-0.25, -0.2) is 0 Å². The average Bonchev–Trinajstić information content (AvgIpc) is 2.83. The van der Waals surface area contributed by atoms with Crippen molar-refractivity contribution in [2.75, 3.05) is 0 Å². The van der Waals surface area contributed by atoms with Crippen molar-refractivity contribution in [3.05, 3.63) is 71.3 Å². The fourth-order valence-corrected chi connectivity index (χ4v) is 2.58. The molecule has 0 heterocycles. The minimum atomic E-state index is 0.243. The van der Waals surface area contributed by atoms with E-state index in [-0.39, 0.29) is 6.04 Å². The van der Waals surface area contributed by atoms with Crippen LogP contribution in [0.3, 0.4) is 0 Å². The van der Waals surface area contributed by atoms with E-state index in [1.54, 1.807) is 0 Å². The van der Waals surface area contributed by atoms with Crippen LogP contribution in [0.2, 0.25) is 0 Å². The highest BCUT2D eigenvalue weighted by molar-refractivity contribution is 6.04. The number of rotatable bonds is 2. The molecule has 0 aromatic heterocycles. The molecular weight excluding hydrogens is 218 g/mol. The van der Waals surface area contributed by atoms with Crippen LogP contribution < -0.4 is 0 Å². The molecule has 90 valence electrons. The summed E-state index contributed by atoms with van der Waals surface area (Å²) in [5.74, 6) is 0. The van der Waals surface area contributed by atoms with Crippen molar-refractivity contribution in [2.24, 2.45) is 4.99 Å². The third-order valence-corrected chi connectivity index (χ3v) is 3.59. The van der Waals surface area contributed by atoms with Crippen LogP contribution in [-0.4, -0.2) is 5.71 Å². The summed E-state index contributed by atoms with van der Waals surface area (Å²) in [6, 6.07) is 19.4. The Morgan fingerprint density at radius 1 is 0.889 bits per heavy atom. The summed E-state index contributed by atoms with van der Waals surface area (Å²) < 4.78 is 0. The third kappa shape index (κ3) is 2.08. The van der Waals surface area contributed by atoms with Crippen LogP contribution in [-0.2, 0) is 6.42 Å². The van der Waals surface area contributed by atoms with Crippen LogP contribution in [0.5, 0.6) is 0 Å². The molecule has 0 fully saturated rings. The predicted molar refractivity (Wildman–Crippen MR) is 76.2 cm³/mol. The summed E-state index contributed by atoms with van der Waals surface area (Å²) in [6.07, 6.45) is 2.22. The van der Waals surface area contributed by atoms with Crippen molar-refractivity contribution in [3.8, 4) is 0 Å². The van der Waals surface area contributed by atoms with Gasteiger partial charge in [0.15, 0.2) is 0 Å². The molecule has 1 atom stereocenters. The summed E-state index contributed by atoms with van der Waals surface area (Å²) in [6.45, 7) is 2.17. The SMILES string of the molecule is C[C@@H](N=C1CCc2ccccc21)c1ccccc1. The molecule has 0 radical (unpaired) electrons. The van der Waals surface area contributed by atoms with E-state index >= 15 is 0 Å². The van der Waals surface area contributed by atoms with Gasteiger partial charge in [0.2, 0.25) is 0 Å². The number of aryl methyl sites for hydroxylation is 1. The number of hydrogen-bond donors (Lipinski definition) is 0. The van der Waals surface area contributed by atoms with Crippen LogP contribution in [0.1, 0.15) is 36.1 Å². The fourth-order valence-electron chi connectivity index (χ4n) is 2.58. The average molecular weight is 235 g/mol. The van der Waals surface area contributed by atoms with Crippen molar-refractivity contribution in [1.29, 1.82) is 0 Å². The summed E-state index contributed by atoms with van der Waals surface area (Å²) in [7, 11) is 0. The summed E-state index contributed by atoms with van der Waals surface area (Å²) in [4.78, 5) is 4.90. The van der Waals surface area contributed by atoms with Crippen LogP contribution in [0.4, 0.5) is 0 Å².